The second-order valence-corrected chi connectivity index (χ2v) is 6.32. The lowest BCUT2D eigenvalue weighted by molar-refractivity contribution is 0.0945. The number of aromatic nitrogens is 2. The van der Waals surface area contributed by atoms with Gasteiger partial charge in [-0.05, 0) is 50.1 Å². The second kappa shape index (κ2) is 7.78. The molecule has 1 heterocycles. The molecular formula is C21H22N4O. The summed E-state index contributed by atoms with van der Waals surface area (Å²) in [5.74, 6) is 0.195. The van der Waals surface area contributed by atoms with Crippen LogP contribution in [-0.2, 0) is 6.54 Å². The predicted octanol–water partition coefficient (Wildman–Crippen LogP) is 4.08. The number of nitrogens with zero attached hydrogens (tertiary/aromatic N) is 2. The summed E-state index contributed by atoms with van der Waals surface area (Å²) in [5.41, 5.74) is 5.37. The van der Waals surface area contributed by atoms with Crippen LogP contribution in [0.3, 0.4) is 0 Å². The molecule has 0 fully saturated rings. The first-order chi connectivity index (χ1) is 12.5. The highest BCUT2D eigenvalue weighted by Gasteiger charge is 2.11. The van der Waals surface area contributed by atoms with Crippen molar-refractivity contribution in [3.05, 3.63) is 82.7 Å². The molecule has 0 radical (unpaired) electrons. The maximum absolute atomic E-state index is 12.5. The maximum atomic E-state index is 12.5. The Morgan fingerprint density at radius 2 is 1.69 bits per heavy atom. The zero-order chi connectivity index (χ0) is 18.5. The first kappa shape index (κ1) is 17.6. The quantitative estimate of drug-likeness (QED) is 0.731. The van der Waals surface area contributed by atoms with Crippen LogP contribution in [0.4, 0.5) is 11.6 Å². The topological polar surface area (TPSA) is 66.9 Å². The normalized spacial score (nSPS) is 10.4. The third-order valence-corrected chi connectivity index (χ3v) is 4.10. The summed E-state index contributed by atoms with van der Waals surface area (Å²) in [4.78, 5) is 21.2. The lowest BCUT2D eigenvalue weighted by Crippen LogP contribution is -2.24. The van der Waals surface area contributed by atoms with Gasteiger partial charge in [-0.15, -0.1) is 0 Å². The highest BCUT2D eigenvalue weighted by atomic mass is 16.1. The van der Waals surface area contributed by atoms with Crippen LogP contribution in [0.15, 0.2) is 54.6 Å². The van der Waals surface area contributed by atoms with Gasteiger partial charge >= 0.3 is 0 Å². The van der Waals surface area contributed by atoms with Crippen molar-refractivity contribution in [1.29, 1.82) is 0 Å². The van der Waals surface area contributed by atoms with Gasteiger partial charge in [-0.25, -0.2) is 9.97 Å². The molecule has 0 atom stereocenters. The van der Waals surface area contributed by atoms with Crippen LogP contribution < -0.4 is 10.6 Å². The molecule has 1 aromatic heterocycles. The van der Waals surface area contributed by atoms with E-state index in [0.29, 0.717) is 18.2 Å². The van der Waals surface area contributed by atoms with Gasteiger partial charge < -0.3 is 10.6 Å². The van der Waals surface area contributed by atoms with E-state index in [9.17, 15) is 4.79 Å². The summed E-state index contributed by atoms with van der Waals surface area (Å²) in [7, 11) is 0. The highest BCUT2D eigenvalue weighted by molar-refractivity contribution is 5.92. The SMILES string of the molecule is Cc1ccc(Nc2nc(C)cc(C(=O)NCc3ccccc3C)n2)cc1. The Labute approximate surface area is 153 Å². The first-order valence-corrected chi connectivity index (χ1v) is 8.53. The molecule has 0 aliphatic rings. The van der Waals surface area contributed by atoms with Crippen molar-refractivity contribution in [3.63, 3.8) is 0 Å². The number of amides is 1. The van der Waals surface area contributed by atoms with E-state index < -0.39 is 0 Å². The zero-order valence-corrected chi connectivity index (χ0v) is 15.2. The number of hydrogen-bond donors (Lipinski definition) is 2. The van der Waals surface area contributed by atoms with Gasteiger partial charge in [-0.3, -0.25) is 4.79 Å². The summed E-state index contributed by atoms with van der Waals surface area (Å²) < 4.78 is 0. The van der Waals surface area contributed by atoms with Crippen molar-refractivity contribution < 1.29 is 4.79 Å². The van der Waals surface area contributed by atoms with Crippen LogP contribution in [0.25, 0.3) is 0 Å². The number of carbonyl (C=O) groups excluding carboxylic acids is 1. The molecule has 2 aromatic carbocycles. The molecule has 0 bridgehead atoms. The van der Waals surface area contributed by atoms with Crippen molar-refractivity contribution in [2.24, 2.45) is 0 Å². The first-order valence-electron chi connectivity index (χ1n) is 8.53. The Bertz CT molecular complexity index is 920. The number of nitrogens with one attached hydrogen (secondary N) is 2. The third kappa shape index (κ3) is 4.45. The molecule has 3 aromatic rings. The van der Waals surface area contributed by atoms with Crippen LogP contribution in [0.5, 0.6) is 0 Å². The number of anilines is 2. The van der Waals surface area contributed by atoms with Gasteiger partial charge in [0.05, 0.1) is 0 Å². The van der Waals surface area contributed by atoms with E-state index in [4.69, 9.17) is 0 Å². The molecular weight excluding hydrogens is 324 g/mol. The molecule has 0 aliphatic carbocycles. The Morgan fingerprint density at radius 3 is 2.42 bits per heavy atom. The van der Waals surface area contributed by atoms with Crippen LogP contribution in [0.2, 0.25) is 0 Å². The van der Waals surface area contributed by atoms with Gasteiger partial charge in [0.2, 0.25) is 5.95 Å². The average molecular weight is 346 g/mol. The minimum atomic E-state index is -0.217. The van der Waals surface area contributed by atoms with E-state index in [2.05, 4.69) is 20.6 Å². The lowest BCUT2D eigenvalue weighted by atomic mass is 10.1. The Morgan fingerprint density at radius 1 is 0.962 bits per heavy atom. The fourth-order valence-corrected chi connectivity index (χ4v) is 2.58. The minimum absolute atomic E-state index is 0.217. The minimum Gasteiger partial charge on any atom is -0.347 e. The van der Waals surface area contributed by atoms with Gasteiger partial charge in [-0.2, -0.15) is 0 Å². The third-order valence-electron chi connectivity index (χ3n) is 4.10. The second-order valence-electron chi connectivity index (χ2n) is 6.32. The van der Waals surface area contributed by atoms with Crippen LogP contribution in [-0.4, -0.2) is 15.9 Å². The summed E-state index contributed by atoms with van der Waals surface area (Å²) in [5, 5.41) is 6.07. The fourth-order valence-electron chi connectivity index (χ4n) is 2.58. The lowest BCUT2D eigenvalue weighted by Gasteiger charge is -2.10. The number of rotatable bonds is 5. The highest BCUT2D eigenvalue weighted by Crippen LogP contribution is 2.15. The van der Waals surface area contributed by atoms with Crippen molar-refractivity contribution in [1.82, 2.24) is 15.3 Å². The van der Waals surface area contributed by atoms with E-state index in [1.807, 2.05) is 69.3 Å². The summed E-state index contributed by atoms with van der Waals surface area (Å²) in [6.45, 7) is 6.37. The Hall–Kier alpha value is -3.21. The molecule has 0 unspecified atom stereocenters. The monoisotopic (exact) mass is 346 g/mol. The molecule has 0 saturated carbocycles. The van der Waals surface area contributed by atoms with Crippen molar-refractivity contribution >= 4 is 17.5 Å². The van der Waals surface area contributed by atoms with E-state index in [1.54, 1.807) is 6.07 Å². The van der Waals surface area contributed by atoms with Crippen molar-refractivity contribution in [2.45, 2.75) is 27.3 Å². The van der Waals surface area contributed by atoms with Crippen molar-refractivity contribution in [2.75, 3.05) is 5.32 Å². The molecule has 26 heavy (non-hydrogen) atoms. The molecule has 5 heteroatoms. The van der Waals surface area contributed by atoms with Gasteiger partial charge in [0.25, 0.3) is 5.91 Å². The van der Waals surface area contributed by atoms with Crippen molar-refractivity contribution in [3.8, 4) is 0 Å². The molecule has 3 rings (SSSR count). The number of carbonyl (C=O) groups is 1. The number of benzene rings is 2. The van der Waals surface area contributed by atoms with Gasteiger partial charge in [0, 0.05) is 17.9 Å². The maximum Gasteiger partial charge on any atom is 0.270 e. The van der Waals surface area contributed by atoms with E-state index >= 15 is 0 Å². The largest absolute Gasteiger partial charge is 0.347 e. The number of hydrogen-bond acceptors (Lipinski definition) is 4. The van der Waals surface area contributed by atoms with Crippen LogP contribution >= 0.6 is 0 Å². The summed E-state index contributed by atoms with van der Waals surface area (Å²) in [6, 6.07) is 17.6. The van der Waals surface area contributed by atoms with Gasteiger partial charge in [0.15, 0.2) is 0 Å². The van der Waals surface area contributed by atoms with E-state index in [1.165, 1.54) is 5.56 Å². The molecule has 2 N–H and O–H groups in total. The van der Waals surface area contributed by atoms with E-state index in [0.717, 1.165) is 22.5 Å². The predicted molar refractivity (Wildman–Crippen MR) is 104 cm³/mol. The van der Waals surface area contributed by atoms with Crippen LogP contribution in [0.1, 0.15) is 32.9 Å². The summed E-state index contributed by atoms with van der Waals surface area (Å²) >= 11 is 0. The standard InChI is InChI=1S/C21H22N4O/c1-14-8-10-18(11-9-14)24-21-23-16(3)12-19(25-21)20(26)22-13-17-7-5-4-6-15(17)2/h4-12H,13H2,1-3H3,(H,22,26)(H,23,24,25). The Balaban J connectivity index is 1.73. The molecule has 5 nitrogen and oxygen atoms in total. The molecule has 1 amide bonds. The molecule has 0 aliphatic heterocycles. The molecule has 0 saturated heterocycles. The molecule has 0 spiro atoms. The Kier molecular flexibility index (Phi) is 5.27. The van der Waals surface area contributed by atoms with Gasteiger partial charge in [0.1, 0.15) is 5.69 Å². The van der Waals surface area contributed by atoms with Crippen LogP contribution in [0, 0.1) is 20.8 Å². The smallest absolute Gasteiger partial charge is 0.270 e. The molecule has 132 valence electrons. The number of aryl methyl sites for hydroxylation is 3. The van der Waals surface area contributed by atoms with E-state index in [-0.39, 0.29) is 5.91 Å². The van der Waals surface area contributed by atoms with Gasteiger partial charge in [-0.1, -0.05) is 42.0 Å². The average Bonchev–Trinajstić information content (AvgIpc) is 2.62. The summed E-state index contributed by atoms with van der Waals surface area (Å²) in [6.07, 6.45) is 0. The zero-order valence-electron chi connectivity index (χ0n) is 15.2. The fraction of sp³-hybridized carbons (Fsp3) is 0.190.